The van der Waals surface area contributed by atoms with Crippen molar-refractivity contribution in [3.63, 3.8) is 0 Å². The van der Waals surface area contributed by atoms with Crippen molar-refractivity contribution in [3.8, 4) is 11.5 Å². The molecule has 2 rings (SSSR count). The van der Waals surface area contributed by atoms with Crippen LogP contribution in [0.3, 0.4) is 0 Å². The van der Waals surface area contributed by atoms with E-state index in [9.17, 15) is 14.4 Å². The molecule has 29 heavy (non-hydrogen) atoms. The molecule has 8 nitrogen and oxygen atoms in total. The van der Waals surface area contributed by atoms with Crippen LogP contribution in [0.15, 0.2) is 48.5 Å². The van der Waals surface area contributed by atoms with E-state index in [2.05, 4.69) is 10.9 Å². The molecular formula is C20H21ClN2O6. The molecule has 0 saturated carbocycles. The Morgan fingerprint density at radius 2 is 1.79 bits per heavy atom. The normalized spacial score (nSPS) is 10.0. The zero-order valence-corrected chi connectivity index (χ0v) is 16.5. The van der Waals surface area contributed by atoms with Crippen molar-refractivity contribution in [2.24, 2.45) is 0 Å². The molecule has 0 saturated heterocycles. The Bertz CT molecular complexity index is 844. The molecule has 0 aromatic heterocycles. The highest BCUT2D eigenvalue weighted by molar-refractivity contribution is 6.31. The lowest BCUT2D eigenvalue weighted by molar-refractivity contribution is -0.148. The number of hydrogen-bond acceptors (Lipinski definition) is 6. The number of rotatable bonds is 9. The van der Waals surface area contributed by atoms with Gasteiger partial charge >= 0.3 is 5.97 Å². The zero-order valence-electron chi connectivity index (χ0n) is 15.8. The molecule has 154 valence electrons. The Balaban J connectivity index is 1.64. The third-order valence-corrected chi connectivity index (χ3v) is 3.86. The summed E-state index contributed by atoms with van der Waals surface area (Å²) in [6.07, 6.45) is 0.548. The minimum absolute atomic E-state index is 0.103. The van der Waals surface area contributed by atoms with Crippen LogP contribution in [0.25, 0.3) is 0 Å². The maximum absolute atomic E-state index is 12.1. The molecule has 0 radical (unpaired) electrons. The minimum Gasteiger partial charge on any atom is -0.496 e. The monoisotopic (exact) mass is 420 g/mol. The van der Waals surface area contributed by atoms with Gasteiger partial charge in [-0.3, -0.25) is 25.2 Å². The molecule has 2 N–H and O–H groups in total. The predicted molar refractivity (Wildman–Crippen MR) is 106 cm³/mol. The van der Waals surface area contributed by atoms with E-state index >= 15 is 0 Å². The predicted octanol–water partition coefficient (Wildman–Crippen LogP) is 2.51. The van der Waals surface area contributed by atoms with Crippen LogP contribution >= 0.6 is 11.6 Å². The van der Waals surface area contributed by atoms with Crippen LogP contribution in [0.4, 0.5) is 0 Å². The highest BCUT2D eigenvalue weighted by Gasteiger charge is 2.14. The molecule has 0 bridgehead atoms. The Hall–Kier alpha value is -3.26. The fourth-order valence-corrected chi connectivity index (χ4v) is 2.40. The summed E-state index contributed by atoms with van der Waals surface area (Å²) < 4.78 is 15.4. The van der Waals surface area contributed by atoms with Gasteiger partial charge in [-0.1, -0.05) is 29.8 Å². The first-order chi connectivity index (χ1) is 14.0. The maximum Gasteiger partial charge on any atom is 0.306 e. The molecule has 0 aliphatic rings. The van der Waals surface area contributed by atoms with E-state index in [1.807, 2.05) is 30.3 Å². The number of carbonyl (C=O) groups excluding carboxylic acids is 3. The number of amides is 2. The van der Waals surface area contributed by atoms with Crippen LogP contribution in [0, 0.1) is 0 Å². The van der Waals surface area contributed by atoms with Crippen LogP contribution in [-0.4, -0.2) is 38.1 Å². The van der Waals surface area contributed by atoms with E-state index in [0.29, 0.717) is 29.5 Å². The molecule has 0 heterocycles. The lowest BCUT2D eigenvalue weighted by Crippen LogP contribution is -2.43. The highest BCUT2D eigenvalue weighted by Crippen LogP contribution is 2.22. The quantitative estimate of drug-likeness (QED) is 0.367. The SMILES string of the molecule is COc1ccc(Cl)cc1C(=O)NNC(=O)COC(=O)CCCOc1ccccc1. The van der Waals surface area contributed by atoms with Gasteiger partial charge in [-0.2, -0.15) is 0 Å². The summed E-state index contributed by atoms with van der Waals surface area (Å²) in [6, 6.07) is 13.7. The third kappa shape index (κ3) is 7.71. The molecule has 2 aromatic rings. The zero-order chi connectivity index (χ0) is 21.1. The minimum atomic E-state index is -0.687. The van der Waals surface area contributed by atoms with E-state index in [-0.39, 0.29) is 12.0 Å². The van der Waals surface area contributed by atoms with Crippen molar-refractivity contribution in [3.05, 3.63) is 59.1 Å². The highest BCUT2D eigenvalue weighted by atomic mass is 35.5. The van der Waals surface area contributed by atoms with E-state index in [4.69, 9.17) is 25.8 Å². The number of ether oxygens (including phenoxy) is 3. The van der Waals surface area contributed by atoms with Gasteiger partial charge in [0.2, 0.25) is 0 Å². The fourth-order valence-electron chi connectivity index (χ4n) is 2.23. The second kappa shape index (κ2) is 11.6. The van der Waals surface area contributed by atoms with Gasteiger partial charge in [-0.05, 0) is 36.8 Å². The third-order valence-electron chi connectivity index (χ3n) is 3.62. The lowest BCUT2D eigenvalue weighted by Gasteiger charge is -2.11. The van der Waals surface area contributed by atoms with Crippen molar-refractivity contribution in [2.75, 3.05) is 20.3 Å². The van der Waals surface area contributed by atoms with E-state index in [1.54, 1.807) is 6.07 Å². The first kappa shape index (κ1) is 22.0. The van der Waals surface area contributed by atoms with Crippen molar-refractivity contribution in [1.29, 1.82) is 0 Å². The molecule has 0 aliphatic heterocycles. The number of methoxy groups -OCH3 is 1. The van der Waals surface area contributed by atoms with Crippen LogP contribution in [0.5, 0.6) is 11.5 Å². The first-order valence-electron chi connectivity index (χ1n) is 8.76. The fraction of sp³-hybridized carbons (Fsp3) is 0.250. The van der Waals surface area contributed by atoms with Crippen LogP contribution < -0.4 is 20.3 Å². The second-order valence-corrected chi connectivity index (χ2v) is 6.21. The smallest absolute Gasteiger partial charge is 0.306 e. The Labute approximate surface area is 173 Å². The molecule has 0 unspecified atom stereocenters. The lowest BCUT2D eigenvalue weighted by atomic mass is 10.2. The molecule has 9 heteroatoms. The van der Waals surface area contributed by atoms with Crippen molar-refractivity contribution >= 4 is 29.4 Å². The Morgan fingerprint density at radius 3 is 2.52 bits per heavy atom. The van der Waals surface area contributed by atoms with Crippen LogP contribution in [-0.2, 0) is 14.3 Å². The largest absolute Gasteiger partial charge is 0.496 e. The molecule has 0 fully saturated rings. The molecular weight excluding hydrogens is 400 g/mol. The number of carbonyl (C=O) groups is 3. The molecule has 0 atom stereocenters. The van der Waals surface area contributed by atoms with Crippen molar-refractivity contribution < 1.29 is 28.6 Å². The van der Waals surface area contributed by atoms with Gasteiger partial charge in [0.15, 0.2) is 6.61 Å². The van der Waals surface area contributed by atoms with Crippen molar-refractivity contribution in [2.45, 2.75) is 12.8 Å². The summed E-state index contributed by atoms with van der Waals surface area (Å²) in [5.74, 6) is -0.840. The van der Waals surface area contributed by atoms with Crippen LogP contribution in [0.2, 0.25) is 5.02 Å². The van der Waals surface area contributed by atoms with Gasteiger partial charge in [0.05, 0.1) is 19.3 Å². The number of benzene rings is 2. The second-order valence-electron chi connectivity index (χ2n) is 5.77. The molecule has 0 aliphatic carbocycles. The van der Waals surface area contributed by atoms with E-state index in [0.717, 1.165) is 0 Å². The maximum atomic E-state index is 12.1. The van der Waals surface area contributed by atoms with Gasteiger partial charge in [0, 0.05) is 11.4 Å². The molecule has 2 amide bonds. The number of hydrazine groups is 1. The standard InChI is InChI=1S/C20H21ClN2O6/c1-27-17-10-9-14(21)12-16(17)20(26)23-22-18(24)13-29-19(25)8-5-11-28-15-6-3-2-4-7-15/h2-4,6-7,9-10,12H,5,8,11,13H2,1H3,(H,22,24)(H,23,26). The van der Waals surface area contributed by atoms with Gasteiger partial charge in [0.1, 0.15) is 11.5 Å². The van der Waals surface area contributed by atoms with Crippen LogP contribution in [0.1, 0.15) is 23.2 Å². The van der Waals surface area contributed by atoms with Crippen molar-refractivity contribution in [1.82, 2.24) is 10.9 Å². The first-order valence-corrected chi connectivity index (χ1v) is 9.13. The van der Waals surface area contributed by atoms with Gasteiger partial charge < -0.3 is 14.2 Å². The summed E-state index contributed by atoms with van der Waals surface area (Å²) in [7, 11) is 1.41. The summed E-state index contributed by atoms with van der Waals surface area (Å²) in [5.41, 5.74) is 4.51. The number of hydrogen-bond donors (Lipinski definition) is 2. The van der Waals surface area contributed by atoms with Gasteiger partial charge in [-0.25, -0.2) is 0 Å². The van der Waals surface area contributed by atoms with Gasteiger partial charge in [0.25, 0.3) is 11.8 Å². The summed E-state index contributed by atoms with van der Waals surface area (Å²) >= 11 is 5.86. The van der Waals surface area contributed by atoms with Gasteiger partial charge in [-0.15, -0.1) is 0 Å². The summed E-state index contributed by atoms with van der Waals surface area (Å²) in [5, 5.41) is 0.340. The Morgan fingerprint density at radius 1 is 1.03 bits per heavy atom. The number of para-hydroxylation sites is 1. The summed E-state index contributed by atoms with van der Waals surface area (Å²) in [6.45, 7) is -0.172. The molecule has 2 aromatic carbocycles. The topological polar surface area (TPSA) is 103 Å². The molecule has 0 spiro atoms. The van der Waals surface area contributed by atoms with E-state index < -0.39 is 24.4 Å². The van der Waals surface area contributed by atoms with E-state index in [1.165, 1.54) is 19.2 Å². The number of esters is 1. The number of halogens is 1. The Kier molecular flexibility index (Phi) is 8.78. The average Bonchev–Trinajstić information content (AvgIpc) is 2.74. The average molecular weight is 421 g/mol. The number of nitrogens with one attached hydrogen (secondary N) is 2. The summed E-state index contributed by atoms with van der Waals surface area (Å²) in [4.78, 5) is 35.5.